The highest BCUT2D eigenvalue weighted by Gasteiger charge is 2.81. The zero-order chi connectivity index (χ0) is 17.8. The van der Waals surface area contributed by atoms with E-state index in [2.05, 4.69) is 4.98 Å². The summed E-state index contributed by atoms with van der Waals surface area (Å²) in [6.45, 7) is 5.88. The van der Waals surface area contributed by atoms with E-state index in [1.807, 2.05) is 0 Å². The Bertz CT molecular complexity index is 652. The number of likely N-dealkylation sites (tertiary alicyclic amines) is 1. The molecule has 0 aromatic carbocycles. The second kappa shape index (κ2) is 5.55. The van der Waals surface area contributed by atoms with Crippen molar-refractivity contribution < 1.29 is 18.3 Å². The summed E-state index contributed by atoms with van der Waals surface area (Å²) in [7, 11) is 0. The Labute approximate surface area is 145 Å². The summed E-state index contributed by atoms with van der Waals surface area (Å²) in [5.74, 6) is -3.74. The average molecular weight is 359 g/mol. The predicted molar refractivity (Wildman–Crippen MR) is 86.4 cm³/mol. The molecule has 24 heavy (non-hydrogen) atoms. The van der Waals surface area contributed by atoms with Gasteiger partial charge in [-0.25, -0.2) is 18.6 Å². The van der Waals surface area contributed by atoms with Crippen LogP contribution in [0.3, 0.4) is 0 Å². The van der Waals surface area contributed by atoms with Crippen molar-refractivity contribution in [3.8, 4) is 0 Å². The molecule has 7 heteroatoms. The number of amides is 1. The van der Waals surface area contributed by atoms with Crippen molar-refractivity contribution in [2.24, 2.45) is 5.41 Å². The lowest BCUT2D eigenvalue weighted by atomic mass is 9.89. The maximum Gasteiger partial charge on any atom is 0.410 e. The van der Waals surface area contributed by atoms with E-state index in [0.29, 0.717) is 5.69 Å². The van der Waals surface area contributed by atoms with Crippen molar-refractivity contribution >= 4 is 17.7 Å². The van der Waals surface area contributed by atoms with Crippen LogP contribution in [0.4, 0.5) is 13.6 Å². The molecule has 0 N–H and O–H groups in total. The number of aromatic nitrogens is 1. The van der Waals surface area contributed by atoms with Gasteiger partial charge in [-0.05, 0) is 45.7 Å². The van der Waals surface area contributed by atoms with Crippen molar-refractivity contribution in [1.82, 2.24) is 9.88 Å². The molecule has 2 heterocycles. The summed E-state index contributed by atoms with van der Waals surface area (Å²) in [6.07, 6.45) is 0.0229. The minimum absolute atomic E-state index is 0.219. The lowest BCUT2D eigenvalue weighted by molar-refractivity contribution is 0.00115. The van der Waals surface area contributed by atoms with E-state index >= 15 is 0 Å². The van der Waals surface area contributed by atoms with Crippen molar-refractivity contribution in [1.29, 1.82) is 0 Å². The zero-order valence-electron chi connectivity index (χ0n) is 14.0. The third-order valence-electron chi connectivity index (χ3n) is 4.84. The van der Waals surface area contributed by atoms with Crippen molar-refractivity contribution in [2.45, 2.75) is 51.1 Å². The predicted octanol–water partition coefficient (Wildman–Crippen LogP) is 4.48. The highest BCUT2D eigenvalue weighted by Crippen LogP contribution is 2.75. The largest absolute Gasteiger partial charge is 0.444 e. The lowest BCUT2D eigenvalue weighted by Crippen LogP contribution is -2.43. The van der Waals surface area contributed by atoms with Gasteiger partial charge in [-0.2, -0.15) is 0 Å². The molecule has 1 aromatic heterocycles. The smallest absolute Gasteiger partial charge is 0.410 e. The van der Waals surface area contributed by atoms with Gasteiger partial charge in [0.1, 0.15) is 10.8 Å². The molecule has 1 aliphatic carbocycles. The quantitative estimate of drug-likeness (QED) is 0.695. The summed E-state index contributed by atoms with van der Waals surface area (Å²) in [4.78, 5) is 17.7. The number of piperidine rings is 1. The van der Waals surface area contributed by atoms with Crippen LogP contribution in [0.2, 0.25) is 5.15 Å². The summed E-state index contributed by atoms with van der Waals surface area (Å²) < 4.78 is 34.4. The van der Waals surface area contributed by atoms with Crippen LogP contribution in [-0.2, 0) is 4.74 Å². The molecule has 1 aliphatic heterocycles. The summed E-state index contributed by atoms with van der Waals surface area (Å²) in [5.41, 5.74) is -1.38. The molecular weight excluding hydrogens is 338 g/mol. The molecule has 1 saturated carbocycles. The Kier molecular flexibility index (Phi) is 4.02. The fourth-order valence-electron chi connectivity index (χ4n) is 3.60. The Balaban J connectivity index is 1.70. The van der Waals surface area contributed by atoms with Gasteiger partial charge < -0.3 is 9.64 Å². The fraction of sp³-hybridized carbons (Fsp3) is 0.647. The van der Waals surface area contributed by atoms with E-state index in [4.69, 9.17) is 16.3 Å². The monoisotopic (exact) mass is 358 g/mol. The zero-order valence-corrected chi connectivity index (χ0v) is 14.7. The summed E-state index contributed by atoms with van der Waals surface area (Å²) in [6, 6.07) is 4.81. The van der Waals surface area contributed by atoms with Gasteiger partial charge in [-0.15, -0.1) is 0 Å². The number of hydrogen-bond acceptors (Lipinski definition) is 3. The number of halogens is 3. The molecule has 2 fully saturated rings. The molecule has 1 amide bonds. The second-order valence-corrected chi connectivity index (χ2v) is 7.95. The Morgan fingerprint density at radius 1 is 1.33 bits per heavy atom. The van der Waals surface area contributed by atoms with Gasteiger partial charge in [0, 0.05) is 13.1 Å². The molecule has 1 atom stereocenters. The van der Waals surface area contributed by atoms with Crippen LogP contribution in [0, 0.1) is 5.41 Å². The fourth-order valence-corrected chi connectivity index (χ4v) is 3.77. The minimum Gasteiger partial charge on any atom is -0.444 e. The van der Waals surface area contributed by atoms with Crippen LogP contribution >= 0.6 is 11.6 Å². The number of carbonyl (C=O) groups is 1. The summed E-state index contributed by atoms with van der Waals surface area (Å²) >= 11 is 5.84. The highest BCUT2D eigenvalue weighted by atomic mass is 35.5. The van der Waals surface area contributed by atoms with Gasteiger partial charge in [-0.1, -0.05) is 17.7 Å². The maximum absolute atomic E-state index is 14.5. The molecule has 4 nitrogen and oxygen atoms in total. The van der Waals surface area contributed by atoms with E-state index in [0.717, 1.165) is 0 Å². The van der Waals surface area contributed by atoms with Crippen LogP contribution < -0.4 is 0 Å². The molecule has 1 unspecified atom stereocenters. The first-order valence-corrected chi connectivity index (χ1v) is 8.43. The number of ether oxygens (including phenoxy) is 1. The van der Waals surface area contributed by atoms with Crippen LogP contribution in [0.25, 0.3) is 0 Å². The topological polar surface area (TPSA) is 42.4 Å². The van der Waals surface area contributed by atoms with Crippen LogP contribution in [0.15, 0.2) is 18.2 Å². The van der Waals surface area contributed by atoms with Gasteiger partial charge in [0.2, 0.25) is 0 Å². The Hall–Kier alpha value is -1.43. The van der Waals surface area contributed by atoms with E-state index in [1.165, 1.54) is 4.90 Å². The van der Waals surface area contributed by atoms with Gasteiger partial charge in [0.25, 0.3) is 5.92 Å². The molecule has 1 spiro atoms. The van der Waals surface area contributed by atoms with Gasteiger partial charge in [0.05, 0.1) is 17.0 Å². The lowest BCUT2D eigenvalue weighted by Gasteiger charge is -2.34. The first kappa shape index (κ1) is 17.4. The van der Waals surface area contributed by atoms with E-state index in [1.54, 1.807) is 39.0 Å². The molecular formula is C17H21ClF2N2O2. The first-order valence-electron chi connectivity index (χ1n) is 8.05. The van der Waals surface area contributed by atoms with E-state index in [-0.39, 0.29) is 31.1 Å². The number of nitrogens with zero attached hydrogens (tertiary/aromatic N) is 2. The number of hydrogen-bond donors (Lipinski definition) is 0. The Morgan fingerprint density at radius 3 is 2.50 bits per heavy atom. The van der Waals surface area contributed by atoms with Gasteiger partial charge in [0.15, 0.2) is 0 Å². The molecule has 2 aliphatic rings. The number of pyridine rings is 1. The Morgan fingerprint density at radius 2 is 1.96 bits per heavy atom. The minimum atomic E-state index is -2.81. The van der Waals surface area contributed by atoms with Crippen molar-refractivity contribution in [3.05, 3.63) is 29.0 Å². The third kappa shape index (κ3) is 2.85. The molecule has 1 saturated heterocycles. The summed E-state index contributed by atoms with van der Waals surface area (Å²) in [5, 5.41) is 0.219. The third-order valence-corrected chi connectivity index (χ3v) is 5.05. The standard InChI is InChI=1S/C17H21ClF2N2O2/c1-15(2,3)24-14(23)22-9-7-16(8-10-22)13(17(16,19)20)11-5-4-6-12(18)21-11/h4-6,13H,7-10H2,1-3H3. The number of alkyl halides is 2. The second-order valence-electron chi connectivity index (χ2n) is 7.56. The highest BCUT2D eigenvalue weighted by molar-refractivity contribution is 6.29. The van der Waals surface area contributed by atoms with E-state index in [9.17, 15) is 13.6 Å². The average Bonchev–Trinajstić information content (AvgIpc) is 2.92. The number of carbonyl (C=O) groups excluding carboxylic acids is 1. The normalized spacial score (nSPS) is 24.8. The first-order chi connectivity index (χ1) is 11.1. The maximum atomic E-state index is 14.5. The van der Waals surface area contributed by atoms with Gasteiger partial charge >= 0.3 is 6.09 Å². The van der Waals surface area contributed by atoms with Crippen LogP contribution in [-0.4, -0.2) is 40.6 Å². The van der Waals surface area contributed by atoms with Crippen LogP contribution in [0.1, 0.15) is 45.2 Å². The van der Waals surface area contributed by atoms with Crippen molar-refractivity contribution in [3.63, 3.8) is 0 Å². The SMILES string of the molecule is CC(C)(C)OC(=O)N1CCC2(CC1)C(c1cccc(Cl)n1)C2(F)F. The van der Waals surface area contributed by atoms with Crippen LogP contribution in [0.5, 0.6) is 0 Å². The number of rotatable bonds is 1. The van der Waals surface area contributed by atoms with Crippen molar-refractivity contribution in [2.75, 3.05) is 13.1 Å². The molecule has 3 rings (SSSR count). The van der Waals surface area contributed by atoms with Gasteiger partial charge in [-0.3, -0.25) is 0 Å². The molecule has 1 aromatic rings. The molecule has 0 radical (unpaired) electrons. The van der Waals surface area contributed by atoms with E-state index < -0.39 is 28.9 Å². The molecule has 0 bridgehead atoms. The molecule has 132 valence electrons.